The molecule has 0 saturated heterocycles. The van der Waals surface area contributed by atoms with Crippen LogP contribution in [0.3, 0.4) is 0 Å². The van der Waals surface area contributed by atoms with Crippen molar-refractivity contribution in [3.8, 4) is 0 Å². The molecule has 0 atom stereocenters. The van der Waals surface area contributed by atoms with Gasteiger partial charge in [-0.25, -0.2) is 13.2 Å². The molecular weight excluding hydrogens is 270 g/mol. The maximum absolute atomic E-state index is 12.4. The van der Waals surface area contributed by atoms with Crippen molar-refractivity contribution in [2.24, 2.45) is 5.92 Å². The Hall–Kier alpha value is -1.34. The van der Waals surface area contributed by atoms with E-state index in [1.807, 2.05) is 0 Å². The number of nitrogens with zero attached hydrogens (tertiary/aromatic N) is 1. The first kappa shape index (κ1) is 14.1. The van der Waals surface area contributed by atoms with Crippen molar-refractivity contribution in [3.05, 3.63) is 17.9 Å². The molecule has 0 aliphatic heterocycles. The molecule has 1 aromatic heterocycles. The summed E-state index contributed by atoms with van der Waals surface area (Å²) in [5, 5.41) is 8.46. The van der Waals surface area contributed by atoms with Crippen molar-refractivity contribution in [2.75, 3.05) is 6.54 Å². The van der Waals surface area contributed by atoms with Crippen LogP contribution in [0, 0.1) is 5.92 Å². The zero-order chi connectivity index (χ0) is 14.2. The van der Waals surface area contributed by atoms with E-state index in [0.29, 0.717) is 12.5 Å². The van der Waals surface area contributed by atoms with Crippen LogP contribution in [0.15, 0.2) is 21.6 Å². The predicted octanol–water partition coefficient (Wildman–Crippen LogP) is 1.79. The van der Waals surface area contributed by atoms with E-state index < -0.39 is 16.0 Å². The van der Waals surface area contributed by atoms with Crippen LogP contribution in [-0.2, 0) is 10.0 Å². The molecule has 106 valence electrons. The lowest BCUT2D eigenvalue weighted by Crippen LogP contribution is -2.38. The third kappa shape index (κ3) is 2.98. The van der Waals surface area contributed by atoms with Gasteiger partial charge in [0.15, 0.2) is 0 Å². The Morgan fingerprint density at radius 1 is 1.47 bits per heavy atom. The van der Waals surface area contributed by atoms with Gasteiger partial charge in [0.2, 0.25) is 10.9 Å². The lowest BCUT2D eigenvalue weighted by Gasteiger charge is -2.24. The summed E-state index contributed by atoms with van der Waals surface area (Å²) in [6, 6.07) is 2.16. The lowest BCUT2D eigenvalue weighted by atomic mass is 10.3. The van der Waals surface area contributed by atoms with Crippen molar-refractivity contribution < 1.29 is 22.7 Å². The van der Waals surface area contributed by atoms with E-state index in [9.17, 15) is 13.2 Å². The molecule has 0 aromatic carbocycles. The van der Waals surface area contributed by atoms with E-state index >= 15 is 0 Å². The van der Waals surface area contributed by atoms with Gasteiger partial charge in [-0.2, -0.15) is 4.31 Å². The standard InChI is InChI=1S/C12H17NO5S/c1-8(2)13(7-9-3-4-9)19(16,17)11-6-5-10(18-11)12(14)15/h5-6,8-9H,3-4,7H2,1-2H3,(H,14,15). The molecule has 1 fully saturated rings. The van der Waals surface area contributed by atoms with Crippen molar-refractivity contribution in [1.29, 1.82) is 0 Å². The number of hydrogen-bond donors (Lipinski definition) is 1. The zero-order valence-electron chi connectivity index (χ0n) is 10.9. The van der Waals surface area contributed by atoms with Gasteiger partial charge in [0.1, 0.15) is 0 Å². The minimum absolute atomic E-state index is 0.191. The molecule has 1 aliphatic carbocycles. The maximum Gasteiger partial charge on any atom is 0.371 e. The molecule has 1 N–H and O–H groups in total. The highest BCUT2D eigenvalue weighted by molar-refractivity contribution is 7.89. The smallest absolute Gasteiger partial charge is 0.371 e. The molecule has 6 nitrogen and oxygen atoms in total. The summed E-state index contributed by atoms with van der Waals surface area (Å²) in [5.41, 5.74) is 0. The van der Waals surface area contributed by atoms with Gasteiger partial charge in [0.05, 0.1) is 0 Å². The van der Waals surface area contributed by atoms with Crippen molar-refractivity contribution in [2.45, 2.75) is 37.8 Å². The van der Waals surface area contributed by atoms with Gasteiger partial charge in [-0.05, 0) is 44.7 Å². The van der Waals surface area contributed by atoms with Crippen LogP contribution in [0.1, 0.15) is 37.2 Å². The Morgan fingerprint density at radius 3 is 2.53 bits per heavy atom. The Bertz CT molecular complexity index is 571. The minimum Gasteiger partial charge on any atom is -0.475 e. The van der Waals surface area contributed by atoms with Crippen LogP contribution in [0.4, 0.5) is 0 Å². The van der Waals surface area contributed by atoms with E-state index in [1.165, 1.54) is 10.4 Å². The fraction of sp³-hybridized carbons (Fsp3) is 0.583. The summed E-state index contributed by atoms with van der Waals surface area (Å²) in [6.45, 7) is 4.05. The largest absolute Gasteiger partial charge is 0.475 e. The minimum atomic E-state index is -3.76. The van der Waals surface area contributed by atoms with Crippen LogP contribution in [0.25, 0.3) is 0 Å². The predicted molar refractivity (Wildman–Crippen MR) is 67.4 cm³/mol. The van der Waals surface area contributed by atoms with Crippen LogP contribution in [0.5, 0.6) is 0 Å². The number of carboxylic acid groups (broad SMARTS) is 1. The SMILES string of the molecule is CC(C)N(CC1CC1)S(=O)(=O)c1ccc(C(=O)O)o1. The van der Waals surface area contributed by atoms with Crippen LogP contribution >= 0.6 is 0 Å². The van der Waals surface area contributed by atoms with Gasteiger partial charge < -0.3 is 9.52 Å². The molecule has 2 rings (SSSR count). The Morgan fingerprint density at radius 2 is 2.11 bits per heavy atom. The number of rotatable bonds is 6. The van der Waals surface area contributed by atoms with E-state index in [-0.39, 0.29) is 16.9 Å². The highest BCUT2D eigenvalue weighted by atomic mass is 32.2. The second-order valence-electron chi connectivity index (χ2n) is 5.04. The molecule has 1 saturated carbocycles. The van der Waals surface area contributed by atoms with Crippen molar-refractivity contribution >= 4 is 16.0 Å². The molecule has 0 spiro atoms. The molecule has 0 unspecified atom stereocenters. The second kappa shape index (κ2) is 4.97. The normalized spacial score (nSPS) is 16.2. The molecule has 0 amide bonds. The summed E-state index contributed by atoms with van der Waals surface area (Å²) in [4.78, 5) is 10.7. The zero-order valence-corrected chi connectivity index (χ0v) is 11.7. The summed E-state index contributed by atoms with van der Waals surface area (Å²) in [7, 11) is -3.76. The quantitative estimate of drug-likeness (QED) is 0.861. The monoisotopic (exact) mass is 287 g/mol. The first-order valence-electron chi connectivity index (χ1n) is 6.17. The molecule has 7 heteroatoms. The van der Waals surface area contributed by atoms with Crippen LogP contribution < -0.4 is 0 Å². The molecule has 1 aliphatic rings. The Balaban J connectivity index is 2.29. The second-order valence-corrected chi connectivity index (χ2v) is 6.86. The number of furan rings is 1. The number of carboxylic acids is 1. The van der Waals surface area contributed by atoms with Gasteiger partial charge in [-0.15, -0.1) is 0 Å². The summed E-state index contributed by atoms with van der Waals surface area (Å²) in [5.74, 6) is -1.24. The van der Waals surface area contributed by atoms with E-state index in [2.05, 4.69) is 0 Å². The third-order valence-electron chi connectivity index (χ3n) is 3.07. The molecule has 0 radical (unpaired) electrons. The average Bonchev–Trinajstić information content (AvgIpc) is 2.97. The topological polar surface area (TPSA) is 87.8 Å². The maximum atomic E-state index is 12.4. The van der Waals surface area contributed by atoms with Gasteiger partial charge in [-0.3, -0.25) is 0 Å². The van der Waals surface area contributed by atoms with E-state index in [1.54, 1.807) is 13.8 Å². The van der Waals surface area contributed by atoms with E-state index in [0.717, 1.165) is 18.9 Å². The number of sulfonamides is 1. The van der Waals surface area contributed by atoms with Gasteiger partial charge in [0, 0.05) is 12.6 Å². The molecule has 1 aromatic rings. The van der Waals surface area contributed by atoms with Crippen molar-refractivity contribution in [1.82, 2.24) is 4.31 Å². The lowest BCUT2D eigenvalue weighted by molar-refractivity contribution is 0.0656. The highest BCUT2D eigenvalue weighted by Crippen LogP contribution is 2.32. The molecule has 0 bridgehead atoms. The Kier molecular flexibility index (Phi) is 3.69. The molecule has 19 heavy (non-hydrogen) atoms. The number of hydrogen-bond acceptors (Lipinski definition) is 4. The van der Waals surface area contributed by atoms with Crippen molar-refractivity contribution in [3.63, 3.8) is 0 Å². The van der Waals surface area contributed by atoms with E-state index in [4.69, 9.17) is 9.52 Å². The van der Waals surface area contributed by atoms with Gasteiger partial charge in [0.25, 0.3) is 10.0 Å². The van der Waals surface area contributed by atoms with Crippen LogP contribution in [0.2, 0.25) is 0 Å². The average molecular weight is 287 g/mol. The first-order valence-corrected chi connectivity index (χ1v) is 7.61. The highest BCUT2D eigenvalue weighted by Gasteiger charge is 2.35. The summed E-state index contributed by atoms with van der Waals surface area (Å²) < 4.78 is 31.1. The summed E-state index contributed by atoms with van der Waals surface area (Å²) in [6.07, 6.45) is 2.08. The number of aromatic carboxylic acids is 1. The van der Waals surface area contributed by atoms with Gasteiger partial charge in [-0.1, -0.05) is 0 Å². The molecule has 1 heterocycles. The Labute approximate surface area is 112 Å². The summed E-state index contributed by atoms with van der Waals surface area (Å²) >= 11 is 0. The molecular formula is C12H17NO5S. The first-order chi connectivity index (χ1) is 8.82. The third-order valence-corrected chi connectivity index (χ3v) is 4.98. The fourth-order valence-corrected chi connectivity index (χ4v) is 3.46. The van der Waals surface area contributed by atoms with Gasteiger partial charge >= 0.3 is 5.97 Å². The number of carbonyl (C=O) groups is 1. The fourth-order valence-electron chi connectivity index (χ4n) is 1.83. The van der Waals surface area contributed by atoms with Crippen LogP contribution in [-0.4, -0.2) is 36.4 Å².